The fraction of sp³-hybridized carbons (Fsp3) is 0.500. The van der Waals surface area contributed by atoms with E-state index in [-0.39, 0.29) is 12.5 Å². The predicted molar refractivity (Wildman–Crippen MR) is 87.7 cm³/mol. The third kappa shape index (κ3) is 5.25. The van der Waals surface area contributed by atoms with Crippen molar-refractivity contribution in [3.8, 4) is 5.75 Å². The Morgan fingerprint density at radius 3 is 2.57 bits per heavy atom. The van der Waals surface area contributed by atoms with E-state index in [4.69, 9.17) is 4.74 Å². The van der Waals surface area contributed by atoms with Crippen molar-refractivity contribution in [3.05, 3.63) is 42.0 Å². The molecule has 1 aromatic rings. The van der Waals surface area contributed by atoms with Crippen LogP contribution in [0.25, 0.3) is 0 Å². The van der Waals surface area contributed by atoms with Crippen LogP contribution >= 0.6 is 0 Å². The number of nitrogens with zero attached hydrogens (tertiary/aromatic N) is 1. The third-order valence-corrected chi connectivity index (χ3v) is 3.61. The van der Waals surface area contributed by atoms with E-state index in [0.29, 0.717) is 19.0 Å². The highest BCUT2D eigenvalue weighted by Gasteiger charge is 2.14. The maximum atomic E-state index is 12.2. The Hall–Kier alpha value is -1.77. The molecule has 1 rings (SSSR count). The van der Waals surface area contributed by atoms with Gasteiger partial charge in [-0.3, -0.25) is 4.79 Å². The van der Waals surface area contributed by atoms with Gasteiger partial charge in [0.2, 0.25) is 0 Å². The Bertz CT molecular complexity index is 482. The minimum Gasteiger partial charge on any atom is -0.483 e. The molecule has 116 valence electrons. The first-order chi connectivity index (χ1) is 9.99. The second kappa shape index (κ2) is 8.50. The van der Waals surface area contributed by atoms with Crippen LogP contribution in [0.2, 0.25) is 0 Å². The molecule has 3 nitrogen and oxygen atoms in total. The third-order valence-electron chi connectivity index (χ3n) is 3.61. The largest absolute Gasteiger partial charge is 0.483 e. The molecule has 0 bridgehead atoms. The van der Waals surface area contributed by atoms with Gasteiger partial charge in [-0.15, -0.1) is 0 Å². The maximum absolute atomic E-state index is 12.2. The van der Waals surface area contributed by atoms with E-state index in [9.17, 15) is 4.79 Å². The summed E-state index contributed by atoms with van der Waals surface area (Å²) < 4.78 is 5.77. The normalized spacial score (nSPS) is 11.8. The summed E-state index contributed by atoms with van der Waals surface area (Å²) in [4.78, 5) is 14.0. The van der Waals surface area contributed by atoms with Crippen LogP contribution in [0.3, 0.4) is 0 Å². The molecule has 1 amide bonds. The molecule has 0 aliphatic heterocycles. The molecular formula is C18H27NO2. The Kier molecular flexibility index (Phi) is 7.00. The monoisotopic (exact) mass is 289 g/mol. The van der Waals surface area contributed by atoms with E-state index in [1.165, 1.54) is 0 Å². The van der Waals surface area contributed by atoms with Crippen LogP contribution in [0, 0.1) is 0 Å². The molecule has 1 aromatic carbocycles. The number of carbonyl (C=O) groups is 1. The van der Waals surface area contributed by atoms with Crippen molar-refractivity contribution in [2.45, 2.75) is 40.0 Å². The number of para-hydroxylation sites is 1. The lowest BCUT2D eigenvalue weighted by Crippen LogP contribution is -2.35. The highest BCUT2D eigenvalue weighted by molar-refractivity contribution is 5.78. The van der Waals surface area contributed by atoms with Gasteiger partial charge in [0.1, 0.15) is 5.75 Å². The summed E-state index contributed by atoms with van der Waals surface area (Å²) in [6, 6.07) is 7.95. The molecule has 0 aliphatic carbocycles. The van der Waals surface area contributed by atoms with Crippen molar-refractivity contribution in [1.82, 2.24) is 4.90 Å². The molecule has 0 aliphatic rings. The van der Waals surface area contributed by atoms with Crippen molar-refractivity contribution < 1.29 is 9.53 Å². The summed E-state index contributed by atoms with van der Waals surface area (Å²) >= 11 is 0. The second-order valence-corrected chi connectivity index (χ2v) is 5.50. The van der Waals surface area contributed by atoms with Crippen LogP contribution < -0.4 is 4.74 Å². The zero-order valence-electron chi connectivity index (χ0n) is 13.7. The highest BCUT2D eigenvalue weighted by Crippen LogP contribution is 2.28. The van der Waals surface area contributed by atoms with E-state index in [2.05, 4.69) is 26.5 Å². The highest BCUT2D eigenvalue weighted by atomic mass is 16.5. The van der Waals surface area contributed by atoms with Crippen LogP contribution in [0.15, 0.2) is 36.4 Å². The van der Waals surface area contributed by atoms with Crippen LogP contribution in [-0.2, 0) is 4.79 Å². The molecule has 0 heterocycles. The van der Waals surface area contributed by atoms with Crippen LogP contribution in [-0.4, -0.2) is 30.5 Å². The summed E-state index contributed by atoms with van der Waals surface area (Å²) in [5, 5.41) is 0. The standard InChI is InChI=1S/C18H27NO2/c1-6-15(5)16-10-8-9-11-17(16)21-13-18(20)19(7-2)12-14(3)4/h8-11,15H,3,6-7,12-13H2,1-2,4-5H3. The number of carbonyl (C=O) groups excluding carboxylic acids is 1. The van der Waals surface area contributed by atoms with Gasteiger partial charge in [-0.2, -0.15) is 0 Å². The molecular weight excluding hydrogens is 262 g/mol. The van der Waals surface area contributed by atoms with Crippen LogP contribution in [0.1, 0.15) is 45.6 Å². The Labute approximate surface area is 128 Å². The van der Waals surface area contributed by atoms with Gasteiger partial charge in [-0.25, -0.2) is 0 Å². The minimum atomic E-state index is -0.000505. The fourth-order valence-electron chi connectivity index (χ4n) is 2.17. The molecule has 1 unspecified atom stereocenters. The molecule has 0 radical (unpaired) electrons. The van der Waals surface area contributed by atoms with Crippen molar-refractivity contribution in [3.63, 3.8) is 0 Å². The lowest BCUT2D eigenvalue weighted by molar-refractivity contribution is -0.132. The number of benzene rings is 1. The zero-order valence-corrected chi connectivity index (χ0v) is 13.7. The molecule has 0 aromatic heterocycles. The summed E-state index contributed by atoms with van der Waals surface area (Å²) in [7, 11) is 0. The van der Waals surface area contributed by atoms with Gasteiger partial charge >= 0.3 is 0 Å². The molecule has 0 N–H and O–H groups in total. The van der Waals surface area contributed by atoms with Crippen molar-refractivity contribution >= 4 is 5.91 Å². The average molecular weight is 289 g/mol. The van der Waals surface area contributed by atoms with E-state index in [1.807, 2.05) is 32.0 Å². The summed E-state index contributed by atoms with van der Waals surface area (Å²) in [5.41, 5.74) is 2.14. The Morgan fingerprint density at radius 1 is 1.33 bits per heavy atom. The number of ether oxygens (including phenoxy) is 1. The quantitative estimate of drug-likeness (QED) is 0.677. The number of rotatable bonds is 8. The van der Waals surface area contributed by atoms with Gasteiger partial charge in [0.05, 0.1) is 0 Å². The van der Waals surface area contributed by atoms with Crippen molar-refractivity contribution in [2.75, 3.05) is 19.7 Å². The first-order valence-electron chi connectivity index (χ1n) is 7.63. The van der Waals surface area contributed by atoms with Gasteiger partial charge in [0.15, 0.2) is 6.61 Å². The Balaban J connectivity index is 2.70. The molecule has 0 saturated carbocycles. The number of hydrogen-bond acceptors (Lipinski definition) is 2. The lowest BCUT2D eigenvalue weighted by Gasteiger charge is -2.22. The molecule has 0 saturated heterocycles. The minimum absolute atomic E-state index is 0.000505. The Morgan fingerprint density at radius 2 is 2.00 bits per heavy atom. The average Bonchev–Trinajstić information content (AvgIpc) is 2.49. The van der Waals surface area contributed by atoms with Crippen molar-refractivity contribution in [1.29, 1.82) is 0 Å². The fourth-order valence-corrected chi connectivity index (χ4v) is 2.17. The van der Waals surface area contributed by atoms with Gasteiger partial charge in [-0.1, -0.05) is 44.2 Å². The molecule has 0 fully saturated rings. The second-order valence-electron chi connectivity index (χ2n) is 5.50. The van der Waals surface area contributed by atoms with Crippen LogP contribution in [0.5, 0.6) is 5.75 Å². The maximum Gasteiger partial charge on any atom is 0.260 e. The van der Waals surface area contributed by atoms with Crippen LogP contribution in [0.4, 0.5) is 0 Å². The van der Waals surface area contributed by atoms with Gasteiger partial charge < -0.3 is 9.64 Å². The van der Waals surface area contributed by atoms with Gasteiger partial charge in [-0.05, 0) is 37.8 Å². The molecule has 0 spiro atoms. The smallest absolute Gasteiger partial charge is 0.260 e. The van der Waals surface area contributed by atoms with E-state index < -0.39 is 0 Å². The molecule has 3 heteroatoms. The first-order valence-corrected chi connectivity index (χ1v) is 7.63. The topological polar surface area (TPSA) is 29.5 Å². The first kappa shape index (κ1) is 17.3. The number of likely N-dealkylation sites (N-methyl/N-ethyl adjacent to an activating group) is 1. The number of hydrogen-bond donors (Lipinski definition) is 0. The van der Waals surface area contributed by atoms with Crippen molar-refractivity contribution in [2.24, 2.45) is 0 Å². The SMILES string of the molecule is C=C(C)CN(CC)C(=O)COc1ccccc1C(C)CC. The number of amides is 1. The van der Waals surface area contributed by atoms with Gasteiger partial charge in [0.25, 0.3) is 5.91 Å². The van der Waals surface area contributed by atoms with E-state index in [0.717, 1.165) is 23.3 Å². The summed E-state index contributed by atoms with van der Waals surface area (Å²) in [5.74, 6) is 1.24. The molecule has 21 heavy (non-hydrogen) atoms. The predicted octanol–water partition coefficient (Wildman–Crippen LogP) is 4.00. The summed E-state index contributed by atoms with van der Waals surface area (Å²) in [6.45, 7) is 13.4. The van der Waals surface area contributed by atoms with Gasteiger partial charge in [0, 0.05) is 13.1 Å². The van der Waals surface area contributed by atoms with E-state index >= 15 is 0 Å². The lowest BCUT2D eigenvalue weighted by atomic mass is 9.98. The zero-order chi connectivity index (χ0) is 15.8. The van der Waals surface area contributed by atoms with E-state index in [1.54, 1.807) is 4.90 Å². The summed E-state index contributed by atoms with van der Waals surface area (Å²) in [6.07, 6.45) is 1.05. The molecule has 1 atom stereocenters.